The Labute approximate surface area is 59.5 Å². The molecule has 3 heteroatoms. The van der Waals surface area contributed by atoms with Gasteiger partial charge in [-0.2, -0.15) is 0 Å². The third-order valence-corrected chi connectivity index (χ3v) is 2.44. The van der Waals surface area contributed by atoms with Crippen LogP contribution in [0.5, 0.6) is 0 Å². The maximum atomic E-state index is 10.6. The van der Waals surface area contributed by atoms with Crippen molar-refractivity contribution in [1.29, 1.82) is 0 Å². The highest BCUT2D eigenvalue weighted by molar-refractivity contribution is 7.99. The van der Waals surface area contributed by atoms with Gasteiger partial charge in [0.15, 0.2) is 0 Å². The second kappa shape index (κ2) is 3.11. The van der Waals surface area contributed by atoms with Crippen LogP contribution in [0.3, 0.4) is 0 Å². The molecule has 2 nitrogen and oxygen atoms in total. The van der Waals surface area contributed by atoms with E-state index in [2.05, 4.69) is 11.6 Å². The maximum absolute atomic E-state index is 10.6. The Morgan fingerprint density at radius 2 is 2.67 bits per heavy atom. The Kier molecular flexibility index (Phi) is 2.39. The Hall–Kier alpha value is -0.180. The standard InChI is InChI=1S/C6H11NOS/c1-2-3-5-4-6(8)7-9-5/h5H,2-4H2,1H3,(H,7,8). The van der Waals surface area contributed by atoms with Crippen LogP contribution >= 0.6 is 11.9 Å². The van der Waals surface area contributed by atoms with Crippen LogP contribution < -0.4 is 4.72 Å². The number of rotatable bonds is 2. The van der Waals surface area contributed by atoms with Crippen LogP contribution in [0.2, 0.25) is 0 Å². The van der Waals surface area contributed by atoms with Crippen molar-refractivity contribution in [2.24, 2.45) is 0 Å². The summed E-state index contributed by atoms with van der Waals surface area (Å²) in [6.45, 7) is 2.14. The number of amides is 1. The van der Waals surface area contributed by atoms with E-state index in [1.165, 1.54) is 6.42 Å². The highest BCUT2D eigenvalue weighted by Crippen LogP contribution is 2.22. The minimum Gasteiger partial charge on any atom is -0.300 e. The summed E-state index contributed by atoms with van der Waals surface area (Å²) >= 11 is 1.58. The molecule has 1 amide bonds. The fraction of sp³-hybridized carbons (Fsp3) is 0.833. The van der Waals surface area contributed by atoms with Gasteiger partial charge in [0.2, 0.25) is 5.91 Å². The van der Waals surface area contributed by atoms with Crippen LogP contribution in [0.4, 0.5) is 0 Å². The lowest BCUT2D eigenvalue weighted by molar-refractivity contribution is -0.118. The van der Waals surface area contributed by atoms with Gasteiger partial charge in [-0.25, -0.2) is 0 Å². The highest BCUT2D eigenvalue weighted by Gasteiger charge is 2.20. The van der Waals surface area contributed by atoms with Crippen LogP contribution in [-0.4, -0.2) is 11.2 Å². The molecule has 0 aromatic rings. The van der Waals surface area contributed by atoms with Gasteiger partial charge in [-0.05, 0) is 18.4 Å². The van der Waals surface area contributed by atoms with E-state index in [1.54, 1.807) is 11.9 Å². The molecule has 1 N–H and O–H groups in total. The smallest absolute Gasteiger partial charge is 0.230 e. The molecule has 0 aromatic heterocycles. The number of nitrogens with one attached hydrogen (secondary N) is 1. The summed E-state index contributed by atoms with van der Waals surface area (Å²) < 4.78 is 2.73. The minimum absolute atomic E-state index is 0.193. The van der Waals surface area contributed by atoms with Crippen molar-refractivity contribution in [1.82, 2.24) is 4.72 Å². The van der Waals surface area contributed by atoms with Gasteiger partial charge < -0.3 is 0 Å². The summed E-state index contributed by atoms with van der Waals surface area (Å²) in [5.41, 5.74) is 0. The van der Waals surface area contributed by atoms with Crippen molar-refractivity contribution in [3.05, 3.63) is 0 Å². The largest absolute Gasteiger partial charge is 0.300 e. The molecule has 0 aromatic carbocycles. The predicted molar refractivity (Wildman–Crippen MR) is 39.0 cm³/mol. The van der Waals surface area contributed by atoms with Gasteiger partial charge in [0.25, 0.3) is 0 Å². The Balaban J connectivity index is 2.22. The number of hydrogen-bond donors (Lipinski definition) is 1. The molecule has 1 saturated heterocycles. The van der Waals surface area contributed by atoms with Crippen LogP contribution in [0.25, 0.3) is 0 Å². The Bertz CT molecular complexity index is 116. The van der Waals surface area contributed by atoms with Crippen LogP contribution in [0, 0.1) is 0 Å². The summed E-state index contributed by atoms with van der Waals surface area (Å²) in [5.74, 6) is 0.193. The Morgan fingerprint density at radius 3 is 3.11 bits per heavy atom. The summed E-state index contributed by atoms with van der Waals surface area (Å²) in [6, 6.07) is 0. The van der Waals surface area contributed by atoms with Crippen molar-refractivity contribution >= 4 is 17.9 Å². The first-order chi connectivity index (χ1) is 4.33. The molecule has 52 valence electrons. The fourth-order valence-corrected chi connectivity index (χ4v) is 1.89. The first kappa shape index (κ1) is 6.93. The first-order valence-electron chi connectivity index (χ1n) is 3.27. The number of carbonyl (C=O) groups excluding carboxylic acids is 1. The van der Waals surface area contributed by atoms with E-state index in [0.29, 0.717) is 5.25 Å². The quantitative estimate of drug-likeness (QED) is 0.594. The lowest BCUT2D eigenvalue weighted by Gasteiger charge is -1.99. The summed E-state index contributed by atoms with van der Waals surface area (Å²) in [7, 11) is 0. The molecular weight excluding hydrogens is 134 g/mol. The molecule has 1 atom stereocenters. The number of carbonyl (C=O) groups is 1. The lowest BCUT2D eigenvalue weighted by atomic mass is 10.2. The molecule has 0 bridgehead atoms. The van der Waals surface area contributed by atoms with E-state index in [9.17, 15) is 4.79 Å². The van der Waals surface area contributed by atoms with Gasteiger partial charge in [-0.3, -0.25) is 9.52 Å². The van der Waals surface area contributed by atoms with E-state index >= 15 is 0 Å². The third kappa shape index (κ3) is 1.90. The fourth-order valence-electron chi connectivity index (χ4n) is 0.922. The van der Waals surface area contributed by atoms with Crippen LogP contribution in [-0.2, 0) is 4.79 Å². The predicted octanol–water partition coefficient (Wildman–Crippen LogP) is 1.32. The second-order valence-electron chi connectivity index (χ2n) is 2.26. The van der Waals surface area contributed by atoms with Crippen molar-refractivity contribution in [3.63, 3.8) is 0 Å². The molecule has 0 radical (unpaired) electrons. The zero-order chi connectivity index (χ0) is 6.69. The van der Waals surface area contributed by atoms with Crippen molar-refractivity contribution in [2.45, 2.75) is 31.4 Å². The summed E-state index contributed by atoms with van der Waals surface area (Å²) in [6.07, 6.45) is 3.05. The molecule has 1 fully saturated rings. The minimum atomic E-state index is 0.193. The van der Waals surface area contributed by atoms with Gasteiger partial charge in [-0.1, -0.05) is 13.3 Å². The average molecular weight is 145 g/mol. The number of hydrogen-bond acceptors (Lipinski definition) is 2. The summed E-state index contributed by atoms with van der Waals surface area (Å²) in [4.78, 5) is 10.6. The zero-order valence-electron chi connectivity index (χ0n) is 5.52. The van der Waals surface area contributed by atoms with Crippen molar-refractivity contribution in [2.75, 3.05) is 0 Å². The van der Waals surface area contributed by atoms with Gasteiger partial charge >= 0.3 is 0 Å². The van der Waals surface area contributed by atoms with Gasteiger partial charge in [0, 0.05) is 11.7 Å². The van der Waals surface area contributed by atoms with Crippen molar-refractivity contribution < 1.29 is 4.79 Å². The molecule has 0 saturated carbocycles. The van der Waals surface area contributed by atoms with Crippen LogP contribution in [0.1, 0.15) is 26.2 Å². The highest BCUT2D eigenvalue weighted by atomic mass is 32.2. The summed E-state index contributed by atoms with van der Waals surface area (Å²) in [5, 5.41) is 0.544. The van der Waals surface area contributed by atoms with E-state index in [-0.39, 0.29) is 5.91 Å². The van der Waals surface area contributed by atoms with E-state index in [4.69, 9.17) is 0 Å². The SMILES string of the molecule is CCCC1CC(=O)NS1. The second-order valence-corrected chi connectivity index (χ2v) is 3.36. The molecular formula is C6H11NOS. The third-order valence-electron chi connectivity index (χ3n) is 1.36. The van der Waals surface area contributed by atoms with Crippen LogP contribution in [0.15, 0.2) is 0 Å². The lowest BCUT2D eigenvalue weighted by Crippen LogP contribution is -2.05. The zero-order valence-corrected chi connectivity index (χ0v) is 6.33. The first-order valence-corrected chi connectivity index (χ1v) is 4.15. The van der Waals surface area contributed by atoms with E-state index < -0.39 is 0 Å². The van der Waals surface area contributed by atoms with E-state index in [1.807, 2.05) is 0 Å². The van der Waals surface area contributed by atoms with Gasteiger partial charge in [-0.15, -0.1) is 0 Å². The topological polar surface area (TPSA) is 29.1 Å². The van der Waals surface area contributed by atoms with Crippen molar-refractivity contribution in [3.8, 4) is 0 Å². The van der Waals surface area contributed by atoms with Gasteiger partial charge in [0.1, 0.15) is 0 Å². The average Bonchev–Trinajstić information content (AvgIpc) is 2.17. The van der Waals surface area contributed by atoms with Gasteiger partial charge in [0.05, 0.1) is 0 Å². The maximum Gasteiger partial charge on any atom is 0.230 e. The normalized spacial score (nSPS) is 26.3. The molecule has 1 rings (SSSR count). The molecule has 1 heterocycles. The van der Waals surface area contributed by atoms with E-state index in [0.717, 1.165) is 12.8 Å². The molecule has 1 unspecified atom stereocenters. The molecule has 9 heavy (non-hydrogen) atoms. The molecule has 1 aliphatic heterocycles. The molecule has 0 spiro atoms. The Morgan fingerprint density at radius 1 is 1.89 bits per heavy atom. The molecule has 1 aliphatic rings. The monoisotopic (exact) mass is 145 g/mol. The molecule has 0 aliphatic carbocycles.